The molecule has 1 saturated carbocycles. The van der Waals surface area contributed by atoms with E-state index in [0.29, 0.717) is 30.0 Å². The molecule has 3 N–H and O–H groups in total. The Labute approximate surface area is 137 Å². The standard InChI is InChI=1S/C18H26N2O3/c1-4-18(23,5-2)11-19-16(21)13-7-6-8-14(10-13)20-17(22)15-9-12(15)3/h6-8,10,12,15,23H,4-5,9,11H2,1-3H3,(H,19,21)(H,20,22). The fourth-order valence-electron chi connectivity index (χ4n) is 2.51. The van der Waals surface area contributed by atoms with Gasteiger partial charge in [0, 0.05) is 23.7 Å². The predicted molar refractivity (Wildman–Crippen MR) is 90.2 cm³/mol. The molecule has 0 heterocycles. The van der Waals surface area contributed by atoms with E-state index in [-0.39, 0.29) is 24.3 Å². The van der Waals surface area contributed by atoms with Crippen molar-refractivity contribution < 1.29 is 14.7 Å². The molecule has 1 aromatic carbocycles. The van der Waals surface area contributed by atoms with Gasteiger partial charge in [0.05, 0.1) is 5.60 Å². The molecule has 23 heavy (non-hydrogen) atoms. The maximum atomic E-state index is 12.2. The first-order valence-electron chi connectivity index (χ1n) is 8.30. The van der Waals surface area contributed by atoms with E-state index in [0.717, 1.165) is 6.42 Å². The Morgan fingerprint density at radius 3 is 2.52 bits per heavy atom. The van der Waals surface area contributed by atoms with Crippen molar-refractivity contribution in [3.05, 3.63) is 29.8 Å². The van der Waals surface area contributed by atoms with Gasteiger partial charge in [-0.15, -0.1) is 0 Å². The third-order valence-electron chi connectivity index (χ3n) is 4.73. The molecule has 1 aliphatic rings. The summed E-state index contributed by atoms with van der Waals surface area (Å²) in [5.74, 6) is 0.307. The smallest absolute Gasteiger partial charge is 0.251 e. The molecule has 5 heteroatoms. The quantitative estimate of drug-likeness (QED) is 0.723. The maximum absolute atomic E-state index is 12.2. The van der Waals surface area contributed by atoms with E-state index in [2.05, 4.69) is 17.6 Å². The third kappa shape index (κ3) is 4.55. The van der Waals surface area contributed by atoms with Crippen LogP contribution in [0.1, 0.15) is 50.4 Å². The van der Waals surface area contributed by atoms with E-state index < -0.39 is 5.60 Å². The molecule has 2 atom stereocenters. The lowest BCUT2D eigenvalue weighted by atomic mass is 9.97. The van der Waals surface area contributed by atoms with E-state index in [1.54, 1.807) is 24.3 Å². The van der Waals surface area contributed by atoms with Crippen molar-refractivity contribution in [1.29, 1.82) is 0 Å². The number of aliphatic hydroxyl groups is 1. The highest BCUT2D eigenvalue weighted by atomic mass is 16.3. The van der Waals surface area contributed by atoms with Crippen LogP contribution >= 0.6 is 0 Å². The number of rotatable bonds is 7. The third-order valence-corrected chi connectivity index (χ3v) is 4.73. The first kappa shape index (κ1) is 17.5. The van der Waals surface area contributed by atoms with Crippen LogP contribution < -0.4 is 10.6 Å². The fourth-order valence-corrected chi connectivity index (χ4v) is 2.51. The molecule has 0 bridgehead atoms. The Morgan fingerprint density at radius 1 is 1.30 bits per heavy atom. The minimum absolute atomic E-state index is 0.0152. The molecule has 0 aliphatic heterocycles. The largest absolute Gasteiger partial charge is 0.388 e. The van der Waals surface area contributed by atoms with Gasteiger partial charge in [-0.25, -0.2) is 0 Å². The van der Waals surface area contributed by atoms with Crippen LogP contribution in [-0.4, -0.2) is 29.1 Å². The summed E-state index contributed by atoms with van der Waals surface area (Å²) >= 11 is 0. The van der Waals surface area contributed by atoms with Gasteiger partial charge in [-0.2, -0.15) is 0 Å². The molecule has 2 unspecified atom stereocenters. The average molecular weight is 318 g/mol. The van der Waals surface area contributed by atoms with Crippen molar-refractivity contribution >= 4 is 17.5 Å². The second-order valence-corrected chi connectivity index (χ2v) is 6.50. The number of amides is 2. The van der Waals surface area contributed by atoms with Crippen LogP contribution in [0.25, 0.3) is 0 Å². The van der Waals surface area contributed by atoms with Gasteiger partial charge >= 0.3 is 0 Å². The second-order valence-electron chi connectivity index (χ2n) is 6.50. The Kier molecular flexibility index (Phi) is 5.42. The molecule has 2 rings (SSSR count). The summed E-state index contributed by atoms with van der Waals surface area (Å²) in [5.41, 5.74) is 0.230. The fraction of sp³-hybridized carbons (Fsp3) is 0.556. The van der Waals surface area contributed by atoms with Crippen molar-refractivity contribution in [1.82, 2.24) is 5.32 Å². The number of hydrogen-bond acceptors (Lipinski definition) is 3. The molecule has 2 amide bonds. The zero-order valence-electron chi connectivity index (χ0n) is 14.1. The van der Waals surface area contributed by atoms with Gasteiger partial charge in [-0.05, 0) is 43.4 Å². The Balaban J connectivity index is 1.96. The molecule has 1 fully saturated rings. The number of nitrogens with one attached hydrogen (secondary N) is 2. The minimum Gasteiger partial charge on any atom is -0.388 e. The van der Waals surface area contributed by atoms with Gasteiger partial charge in [-0.3, -0.25) is 9.59 Å². The molecule has 1 aliphatic carbocycles. The Bertz CT molecular complexity index is 581. The summed E-state index contributed by atoms with van der Waals surface area (Å²) in [6, 6.07) is 6.88. The van der Waals surface area contributed by atoms with Crippen LogP contribution in [0, 0.1) is 11.8 Å². The van der Waals surface area contributed by atoms with E-state index in [1.165, 1.54) is 0 Å². The summed E-state index contributed by atoms with van der Waals surface area (Å²) in [5, 5.41) is 15.8. The topological polar surface area (TPSA) is 78.4 Å². The van der Waals surface area contributed by atoms with Crippen LogP contribution in [-0.2, 0) is 4.79 Å². The molecule has 126 valence electrons. The average Bonchev–Trinajstić information content (AvgIpc) is 3.29. The molecule has 0 aromatic heterocycles. The number of hydrogen-bond donors (Lipinski definition) is 3. The molecule has 0 saturated heterocycles. The van der Waals surface area contributed by atoms with Gasteiger partial charge in [0.2, 0.25) is 5.91 Å². The number of anilines is 1. The predicted octanol–water partition coefficient (Wildman–Crippen LogP) is 2.56. The SMILES string of the molecule is CCC(O)(CC)CNC(=O)c1cccc(NC(=O)C2CC2C)c1. The summed E-state index contributed by atoms with van der Waals surface area (Å²) in [7, 11) is 0. The number of carbonyl (C=O) groups is 2. The summed E-state index contributed by atoms with van der Waals surface area (Å²) in [6.45, 7) is 6.06. The van der Waals surface area contributed by atoms with E-state index in [4.69, 9.17) is 0 Å². The van der Waals surface area contributed by atoms with Gasteiger partial charge in [0.1, 0.15) is 0 Å². The zero-order valence-corrected chi connectivity index (χ0v) is 14.1. The molecular formula is C18H26N2O3. The van der Waals surface area contributed by atoms with Crippen LogP contribution in [0.2, 0.25) is 0 Å². The zero-order chi connectivity index (χ0) is 17.0. The van der Waals surface area contributed by atoms with Crippen LogP contribution in [0.15, 0.2) is 24.3 Å². The lowest BCUT2D eigenvalue weighted by molar-refractivity contribution is -0.117. The van der Waals surface area contributed by atoms with Crippen LogP contribution in [0.5, 0.6) is 0 Å². The lowest BCUT2D eigenvalue weighted by Gasteiger charge is -2.25. The van der Waals surface area contributed by atoms with Crippen LogP contribution in [0.4, 0.5) is 5.69 Å². The summed E-state index contributed by atoms with van der Waals surface area (Å²) in [6.07, 6.45) is 2.09. The first-order valence-corrected chi connectivity index (χ1v) is 8.30. The van der Waals surface area contributed by atoms with E-state index >= 15 is 0 Å². The molecule has 5 nitrogen and oxygen atoms in total. The van der Waals surface area contributed by atoms with Gasteiger partial charge in [0.25, 0.3) is 5.91 Å². The Morgan fingerprint density at radius 2 is 1.96 bits per heavy atom. The molecule has 0 spiro atoms. The minimum atomic E-state index is -0.871. The van der Waals surface area contributed by atoms with E-state index in [1.807, 2.05) is 13.8 Å². The van der Waals surface area contributed by atoms with Gasteiger partial charge in [0.15, 0.2) is 0 Å². The van der Waals surface area contributed by atoms with Crippen molar-refractivity contribution in [3.8, 4) is 0 Å². The maximum Gasteiger partial charge on any atom is 0.251 e. The first-order chi connectivity index (χ1) is 10.9. The van der Waals surface area contributed by atoms with Crippen molar-refractivity contribution in [3.63, 3.8) is 0 Å². The number of benzene rings is 1. The molecular weight excluding hydrogens is 292 g/mol. The summed E-state index contributed by atoms with van der Waals surface area (Å²) in [4.78, 5) is 24.2. The second kappa shape index (κ2) is 7.13. The Hall–Kier alpha value is -1.88. The highest BCUT2D eigenvalue weighted by Crippen LogP contribution is 2.38. The van der Waals surface area contributed by atoms with Crippen molar-refractivity contribution in [2.24, 2.45) is 11.8 Å². The van der Waals surface area contributed by atoms with Gasteiger partial charge in [-0.1, -0.05) is 26.8 Å². The highest BCUT2D eigenvalue weighted by molar-refractivity contribution is 5.98. The number of carbonyl (C=O) groups excluding carboxylic acids is 2. The van der Waals surface area contributed by atoms with Gasteiger partial charge < -0.3 is 15.7 Å². The highest BCUT2D eigenvalue weighted by Gasteiger charge is 2.39. The summed E-state index contributed by atoms with van der Waals surface area (Å²) < 4.78 is 0. The monoisotopic (exact) mass is 318 g/mol. The van der Waals surface area contributed by atoms with Crippen molar-refractivity contribution in [2.75, 3.05) is 11.9 Å². The lowest BCUT2D eigenvalue weighted by Crippen LogP contribution is -2.42. The van der Waals surface area contributed by atoms with E-state index in [9.17, 15) is 14.7 Å². The normalized spacial score (nSPS) is 20.0. The molecule has 1 aromatic rings. The molecule has 0 radical (unpaired) electrons. The van der Waals surface area contributed by atoms with Crippen molar-refractivity contribution in [2.45, 2.75) is 45.6 Å². The van der Waals surface area contributed by atoms with Crippen LogP contribution in [0.3, 0.4) is 0 Å².